The number of fused-ring (bicyclic) bond motifs is 2. The first kappa shape index (κ1) is 20.1. The molecule has 0 aliphatic carbocycles. The smallest absolute Gasteiger partial charge is 0.166 e. The Labute approximate surface area is 173 Å². The summed E-state index contributed by atoms with van der Waals surface area (Å²) in [6, 6.07) is 18.8. The van der Waals surface area contributed by atoms with Crippen LogP contribution in [0.5, 0.6) is 5.75 Å². The molecular weight excluding hydrogens is 362 g/mol. The molecule has 2 aliphatic heterocycles. The zero-order valence-corrected chi connectivity index (χ0v) is 17.6. The van der Waals surface area contributed by atoms with Gasteiger partial charge in [0.2, 0.25) is 0 Å². The lowest BCUT2D eigenvalue weighted by Crippen LogP contribution is -2.57. The molecule has 2 heterocycles. The minimum absolute atomic E-state index is 0.0651. The fourth-order valence-electron chi connectivity index (χ4n) is 4.53. The van der Waals surface area contributed by atoms with E-state index in [1.54, 1.807) is 0 Å². The van der Waals surface area contributed by atoms with Gasteiger partial charge < -0.3 is 9.47 Å². The maximum absolute atomic E-state index is 13.2. The average molecular weight is 394 g/mol. The Morgan fingerprint density at radius 2 is 1.62 bits per heavy atom. The number of piperidine rings is 1. The molecule has 29 heavy (non-hydrogen) atoms. The summed E-state index contributed by atoms with van der Waals surface area (Å²) >= 11 is 0. The van der Waals surface area contributed by atoms with Gasteiger partial charge in [0, 0.05) is 30.1 Å². The number of hydrogen-bond donors (Lipinski definition) is 0. The lowest BCUT2D eigenvalue weighted by Gasteiger charge is -2.48. The van der Waals surface area contributed by atoms with Crippen LogP contribution in [0.15, 0.2) is 54.6 Å². The van der Waals surface area contributed by atoms with Crippen molar-refractivity contribution in [2.24, 2.45) is 5.92 Å². The average Bonchev–Trinajstić information content (AvgIpc) is 2.67. The zero-order valence-electron chi connectivity index (χ0n) is 17.6. The molecule has 2 aromatic carbocycles. The first-order chi connectivity index (χ1) is 13.9. The van der Waals surface area contributed by atoms with Crippen LogP contribution in [0.2, 0.25) is 0 Å². The molecule has 4 nitrogen and oxygen atoms in total. The van der Waals surface area contributed by atoms with Crippen LogP contribution < -0.4 is 4.74 Å². The molecule has 154 valence electrons. The van der Waals surface area contributed by atoms with E-state index in [-0.39, 0.29) is 17.3 Å². The Hall–Kier alpha value is -2.17. The summed E-state index contributed by atoms with van der Waals surface area (Å²) in [5.74, 6) is 1.12. The standard InChI is InChI=1S/C25H31NO3/c1-25(2,3)29-23-11-9-19(10-12-23)24(27)20-13-21-16-28-17-22(14-20)26(21)15-18-7-5-4-6-8-18/h4-12,20-22H,13-17H2,1-3H3. The predicted molar refractivity (Wildman–Crippen MR) is 114 cm³/mol. The van der Waals surface area contributed by atoms with Crippen LogP contribution in [0.3, 0.4) is 0 Å². The van der Waals surface area contributed by atoms with E-state index in [1.807, 2.05) is 45.0 Å². The summed E-state index contributed by atoms with van der Waals surface area (Å²) in [5.41, 5.74) is 1.87. The van der Waals surface area contributed by atoms with Gasteiger partial charge in [-0.25, -0.2) is 0 Å². The number of ether oxygens (including phenoxy) is 2. The van der Waals surface area contributed by atoms with Gasteiger partial charge in [0.05, 0.1) is 13.2 Å². The molecule has 0 radical (unpaired) electrons. The molecule has 2 bridgehead atoms. The molecule has 2 fully saturated rings. The van der Waals surface area contributed by atoms with Gasteiger partial charge >= 0.3 is 0 Å². The molecule has 2 aliphatic rings. The lowest BCUT2D eigenvalue weighted by molar-refractivity contribution is -0.0872. The number of carbonyl (C=O) groups is 1. The number of ketones is 1. The van der Waals surface area contributed by atoms with Gasteiger partial charge in [0.25, 0.3) is 0 Å². The molecule has 4 heteroatoms. The van der Waals surface area contributed by atoms with Gasteiger partial charge in [-0.1, -0.05) is 30.3 Å². The zero-order chi connectivity index (χ0) is 20.4. The second-order valence-electron chi connectivity index (χ2n) is 9.27. The second kappa shape index (κ2) is 8.29. The van der Waals surface area contributed by atoms with Gasteiger partial charge in [-0.2, -0.15) is 0 Å². The van der Waals surface area contributed by atoms with E-state index in [4.69, 9.17) is 9.47 Å². The van der Waals surface area contributed by atoms with Crippen LogP contribution in [0.1, 0.15) is 49.5 Å². The molecule has 0 aromatic heterocycles. The van der Waals surface area contributed by atoms with Crippen LogP contribution in [0.25, 0.3) is 0 Å². The second-order valence-corrected chi connectivity index (χ2v) is 9.27. The van der Waals surface area contributed by atoms with E-state index < -0.39 is 0 Å². The highest BCUT2D eigenvalue weighted by Gasteiger charge is 2.41. The maximum Gasteiger partial charge on any atom is 0.166 e. The van der Waals surface area contributed by atoms with Crippen LogP contribution in [0.4, 0.5) is 0 Å². The van der Waals surface area contributed by atoms with E-state index >= 15 is 0 Å². The van der Waals surface area contributed by atoms with Gasteiger partial charge in [0.1, 0.15) is 11.4 Å². The molecule has 2 unspecified atom stereocenters. The third kappa shape index (κ3) is 4.88. The molecule has 0 N–H and O–H groups in total. The molecule has 4 rings (SSSR count). The first-order valence-corrected chi connectivity index (χ1v) is 10.6. The quantitative estimate of drug-likeness (QED) is 0.689. The SMILES string of the molecule is CC(C)(C)Oc1ccc(C(=O)C2CC3COCC(C2)N3Cc2ccccc2)cc1. The van der Waals surface area contributed by atoms with E-state index in [0.717, 1.165) is 30.7 Å². The van der Waals surface area contributed by atoms with Gasteiger partial charge in [-0.15, -0.1) is 0 Å². The van der Waals surface area contributed by atoms with Crippen molar-refractivity contribution in [1.82, 2.24) is 4.90 Å². The fraction of sp³-hybridized carbons (Fsp3) is 0.480. The summed E-state index contributed by atoms with van der Waals surface area (Å²) in [4.78, 5) is 15.7. The van der Waals surface area contributed by atoms with Crippen LogP contribution in [-0.4, -0.2) is 41.6 Å². The molecule has 0 saturated carbocycles. The molecule has 0 amide bonds. The largest absolute Gasteiger partial charge is 0.488 e. The van der Waals surface area contributed by atoms with Gasteiger partial charge in [0.15, 0.2) is 5.78 Å². The van der Waals surface area contributed by atoms with Crippen LogP contribution >= 0.6 is 0 Å². The number of hydrogen-bond acceptors (Lipinski definition) is 4. The highest BCUT2D eigenvalue weighted by atomic mass is 16.5. The number of benzene rings is 2. The number of nitrogens with zero attached hydrogens (tertiary/aromatic N) is 1. The number of carbonyl (C=O) groups excluding carboxylic acids is 1. The summed E-state index contributed by atoms with van der Waals surface area (Å²) in [6.45, 7) is 8.43. The third-order valence-electron chi connectivity index (χ3n) is 5.81. The first-order valence-electron chi connectivity index (χ1n) is 10.6. The predicted octanol–water partition coefficient (Wildman–Crippen LogP) is 4.73. The molecular formula is C25H31NO3. The van der Waals surface area contributed by atoms with Crippen molar-refractivity contribution in [3.05, 3.63) is 65.7 Å². The van der Waals surface area contributed by atoms with Crippen molar-refractivity contribution < 1.29 is 14.3 Å². The van der Waals surface area contributed by atoms with Gasteiger partial charge in [-0.05, 0) is 63.4 Å². The van der Waals surface area contributed by atoms with Crippen LogP contribution in [-0.2, 0) is 11.3 Å². The number of morpholine rings is 1. The summed E-state index contributed by atoms with van der Waals surface area (Å²) in [6.07, 6.45) is 1.73. The topological polar surface area (TPSA) is 38.8 Å². The normalized spacial score (nSPS) is 24.9. The highest BCUT2D eigenvalue weighted by Crippen LogP contribution is 2.35. The van der Waals surface area contributed by atoms with Crippen molar-refractivity contribution in [1.29, 1.82) is 0 Å². The summed E-state index contributed by atoms with van der Waals surface area (Å²) in [7, 11) is 0. The number of rotatable bonds is 5. The lowest BCUT2D eigenvalue weighted by atomic mass is 9.80. The molecule has 0 spiro atoms. The number of Topliss-reactive ketones (excluding diaryl/α,β-unsaturated/α-hetero) is 1. The minimum atomic E-state index is -0.242. The van der Waals surface area contributed by atoms with E-state index in [0.29, 0.717) is 25.3 Å². The molecule has 2 aromatic rings. The van der Waals surface area contributed by atoms with E-state index in [1.165, 1.54) is 5.56 Å². The summed E-state index contributed by atoms with van der Waals surface area (Å²) < 4.78 is 11.7. The monoisotopic (exact) mass is 393 g/mol. The van der Waals surface area contributed by atoms with E-state index in [2.05, 4.69) is 35.2 Å². The van der Waals surface area contributed by atoms with Gasteiger partial charge in [-0.3, -0.25) is 9.69 Å². The van der Waals surface area contributed by atoms with Crippen molar-refractivity contribution in [2.45, 2.75) is 57.8 Å². The maximum atomic E-state index is 13.2. The van der Waals surface area contributed by atoms with Crippen molar-refractivity contribution in [3.8, 4) is 5.75 Å². The van der Waals surface area contributed by atoms with E-state index in [9.17, 15) is 4.79 Å². The molecule has 2 saturated heterocycles. The van der Waals surface area contributed by atoms with Crippen molar-refractivity contribution >= 4 is 5.78 Å². The Bertz CT molecular complexity index is 811. The van der Waals surface area contributed by atoms with Crippen LogP contribution in [0, 0.1) is 5.92 Å². The molecule has 2 atom stereocenters. The Morgan fingerprint density at radius 3 is 2.21 bits per heavy atom. The third-order valence-corrected chi connectivity index (χ3v) is 5.81. The Balaban J connectivity index is 1.43. The van der Waals surface area contributed by atoms with Crippen molar-refractivity contribution in [2.75, 3.05) is 13.2 Å². The van der Waals surface area contributed by atoms with Crippen molar-refractivity contribution in [3.63, 3.8) is 0 Å². The highest BCUT2D eigenvalue weighted by molar-refractivity contribution is 5.98. The Kier molecular flexibility index (Phi) is 5.75. The fourth-order valence-corrected chi connectivity index (χ4v) is 4.53. The summed E-state index contributed by atoms with van der Waals surface area (Å²) in [5, 5.41) is 0. The Morgan fingerprint density at radius 1 is 1.00 bits per heavy atom. The minimum Gasteiger partial charge on any atom is -0.488 e.